The number of nitrogen functional groups attached to an aromatic ring is 1. The number of rotatable bonds is 5. The third-order valence-electron chi connectivity index (χ3n) is 6.32. The minimum Gasteiger partial charge on any atom is -0.461 e. The number of piperazine rings is 1. The van der Waals surface area contributed by atoms with Crippen LogP contribution in [-0.2, 0) is 6.54 Å². The lowest BCUT2D eigenvalue weighted by molar-refractivity contribution is 0.109. The predicted octanol–water partition coefficient (Wildman–Crippen LogP) is 2.44. The van der Waals surface area contributed by atoms with Crippen LogP contribution in [0, 0.1) is 6.92 Å². The van der Waals surface area contributed by atoms with E-state index in [9.17, 15) is 4.79 Å². The maximum atomic E-state index is 12.5. The maximum Gasteiger partial charge on any atom is 0.415 e. The summed E-state index contributed by atoms with van der Waals surface area (Å²) in [5, 5.41) is 9.71. The number of fused-ring (bicyclic) bond motifs is 3. The molecule has 0 aliphatic carbocycles. The van der Waals surface area contributed by atoms with E-state index < -0.39 is 0 Å². The van der Waals surface area contributed by atoms with Crippen molar-refractivity contribution in [2.24, 2.45) is 0 Å². The number of nitrogens with zero attached hydrogens (tertiary/aromatic N) is 8. The number of ether oxygens (including phenoxy) is 1. The summed E-state index contributed by atoms with van der Waals surface area (Å²) in [7, 11) is 0. The molecule has 0 saturated carbocycles. The smallest absolute Gasteiger partial charge is 0.415 e. The van der Waals surface area contributed by atoms with Gasteiger partial charge in [-0.3, -0.25) is 4.90 Å². The van der Waals surface area contributed by atoms with Crippen LogP contribution < -0.4 is 10.5 Å². The summed E-state index contributed by atoms with van der Waals surface area (Å²) in [5.41, 5.74) is 8.53. The van der Waals surface area contributed by atoms with Gasteiger partial charge in [-0.05, 0) is 31.2 Å². The number of aromatic nitrogens is 6. The number of aryl methyl sites for hydroxylation is 1. The molecule has 0 bridgehead atoms. The molecule has 12 nitrogen and oxygen atoms in total. The van der Waals surface area contributed by atoms with Gasteiger partial charge in [-0.2, -0.15) is 14.6 Å². The Morgan fingerprint density at radius 3 is 2.61 bits per heavy atom. The number of carbonyl (C=O) groups excluding carboxylic acids is 1. The summed E-state index contributed by atoms with van der Waals surface area (Å²) in [6.45, 7) is 6.08. The number of hydrogen-bond donors (Lipinski definition) is 1. The van der Waals surface area contributed by atoms with Crippen molar-refractivity contribution in [3.63, 3.8) is 0 Å². The van der Waals surface area contributed by atoms with Crippen LogP contribution in [0.3, 0.4) is 0 Å². The Kier molecular flexibility index (Phi) is 5.49. The monoisotopic (exact) mass is 487 g/mol. The van der Waals surface area contributed by atoms with E-state index in [-0.39, 0.29) is 12.0 Å². The van der Waals surface area contributed by atoms with Gasteiger partial charge >= 0.3 is 6.09 Å². The van der Waals surface area contributed by atoms with Gasteiger partial charge in [-0.25, -0.2) is 14.5 Å². The Bertz CT molecular complexity index is 1510. The minimum atomic E-state index is -0.317. The van der Waals surface area contributed by atoms with E-state index in [1.54, 1.807) is 29.5 Å². The van der Waals surface area contributed by atoms with Crippen LogP contribution in [0.15, 0.2) is 53.3 Å². The van der Waals surface area contributed by atoms with E-state index in [2.05, 4.69) is 25.1 Å². The average molecular weight is 488 g/mol. The van der Waals surface area contributed by atoms with Crippen molar-refractivity contribution in [1.82, 2.24) is 39.2 Å². The van der Waals surface area contributed by atoms with Crippen molar-refractivity contribution in [2.75, 3.05) is 38.5 Å². The molecule has 1 saturated heterocycles. The maximum absolute atomic E-state index is 12.5. The van der Waals surface area contributed by atoms with Crippen LogP contribution in [0.1, 0.15) is 5.56 Å². The number of anilines is 1. The van der Waals surface area contributed by atoms with Gasteiger partial charge in [-0.15, -0.1) is 5.10 Å². The third-order valence-corrected chi connectivity index (χ3v) is 6.32. The van der Waals surface area contributed by atoms with Gasteiger partial charge in [-0.1, -0.05) is 17.7 Å². The molecule has 0 spiro atoms. The SMILES string of the molecule is Cc1ccc(OC(=O)N2CCN(CCn3ncc4c3nc(N)n3nc(-c5ccco5)nc43)CC2)cc1. The molecule has 1 aromatic carbocycles. The van der Waals surface area contributed by atoms with E-state index in [1.165, 1.54) is 4.52 Å². The zero-order valence-electron chi connectivity index (χ0n) is 19.7. The Hall–Kier alpha value is -4.45. The fraction of sp³-hybridized carbons (Fsp3) is 0.292. The summed E-state index contributed by atoms with van der Waals surface area (Å²) in [4.78, 5) is 25.6. The predicted molar refractivity (Wildman–Crippen MR) is 131 cm³/mol. The third kappa shape index (κ3) is 4.11. The summed E-state index contributed by atoms with van der Waals surface area (Å²) in [6, 6.07) is 11.0. The molecule has 2 N–H and O–H groups in total. The van der Waals surface area contributed by atoms with Gasteiger partial charge < -0.3 is 19.8 Å². The van der Waals surface area contributed by atoms with Gasteiger partial charge in [0.1, 0.15) is 5.75 Å². The first kappa shape index (κ1) is 22.0. The second kappa shape index (κ2) is 8.96. The first-order valence-electron chi connectivity index (χ1n) is 11.7. The number of amides is 1. The molecular formula is C24H25N9O3. The van der Waals surface area contributed by atoms with Crippen LogP contribution in [0.4, 0.5) is 10.7 Å². The molecular weight excluding hydrogens is 462 g/mol. The fourth-order valence-corrected chi connectivity index (χ4v) is 4.29. The molecule has 0 atom stereocenters. The number of nitrogens with two attached hydrogens (primary N) is 1. The summed E-state index contributed by atoms with van der Waals surface area (Å²) in [6.07, 6.45) is 2.99. The highest BCUT2D eigenvalue weighted by Gasteiger charge is 2.23. The molecule has 5 heterocycles. The molecule has 1 amide bonds. The Morgan fingerprint density at radius 1 is 1.06 bits per heavy atom. The molecule has 1 fully saturated rings. The summed E-state index contributed by atoms with van der Waals surface area (Å²) >= 11 is 0. The lowest BCUT2D eigenvalue weighted by Gasteiger charge is -2.33. The highest BCUT2D eigenvalue weighted by molar-refractivity contribution is 5.90. The number of benzene rings is 1. The largest absolute Gasteiger partial charge is 0.461 e. The van der Waals surface area contributed by atoms with Crippen molar-refractivity contribution < 1.29 is 13.9 Å². The van der Waals surface area contributed by atoms with Crippen molar-refractivity contribution in [3.8, 4) is 17.3 Å². The molecule has 184 valence electrons. The van der Waals surface area contributed by atoms with Crippen LogP contribution in [-0.4, -0.2) is 78.0 Å². The zero-order chi connectivity index (χ0) is 24.6. The molecule has 0 radical (unpaired) electrons. The molecule has 1 aliphatic rings. The van der Waals surface area contributed by atoms with Crippen LogP contribution in [0.25, 0.3) is 28.3 Å². The van der Waals surface area contributed by atoms with Gasteiger partial charge in [0.05, 0.1) is 24.4 Å². The molecule has 5 aromatic rings. The first-order valence-corrected chi connectivity index (χ1v) is 11.7. The van der Waals surface area contributed by atoms with Crippen LogP contribution >= 0.6 is 0 Å². The van der Waals surface area contributed by atoms with Gasteiger partial charge in [0.25, 0.3) is 0 Å². The van der Waals surface area contributed by atoms with Crippen LogP contribution in [0.2, 0.25) is 0 Å². The fourth-order valence-electron chi connectivity index (χ4n) is 4.29. The minimum absolute atomic E-state index is 0.227. The zero-order valence-corrected chi connectivity index (χ0v) is 19.7. The number of hydrogen-bond acceptors (Lipinski definition) is 9. The van der Waals surface area contributed by atoms with E-state index >= 15 is 0 Å². The highest BCUT2D eigenvalue weighted by atomic mass is 16.6. The normalized spacial score (nSPS) is 14.6. The van der Waals surface area contributed by atoms with E-state index in [0.29, 0.717) is 48.3 Å². The number of furan rings is 1. The van der Waals surface area contributed by atoms with E-state index in [0.717, 1.165) is 30.6 Å². The van der Waals surface area contributed by atoms with E-state index in [1.807, 2.05) is 35.9 Å². The van der Waals surface area contributed by atoms with E-state index in [4.69, 9.17) is 14.9 Å². The standard InChI is InChI=1S/C24H25N9O3/c1-16-4-6-17(7-5-16)36-24(34)31-11-8-30(9-12-31)10-13-32-21-18(15-26-32)22-27-20(19-3-2-14-35-19)29-33(22)23(25)28-21/h2-7,14-15H,8-13H2,1H3,(H2,25,28). The van der Waals surface area contributed by atoms with Crippen molar-refractivity contribution in [3.05, 3.63) is 54.4 Å². The molecule has 4 aromatic heterocycles. The van der Waals surface area contributed by atoms with Crippen molar-refractivity contribution >= 4 is 28.7 Å². The lowest BCUT2D eigenvalue weighted by Crippen LogP contribution is -2.50. The van der Waals surface area contributed by atoms with Crippen molar-refractivity contribution in [2.45, 2.75) is 13.5 Å². The van der Waals surface area contributed by atoms with Gasteiger partial charge in [0.2, 0.25) is 11.8 Å². The number of carbonyl (C=O) groups is 1. The molecule has 12 heteroatoms. The van der Waals surface area contributed by atoms with Gasteiger partial charge in [0, 0.05) is 32.7 Å². The first-order chi connectivity index (χ1) is 17.5. The molecule has 6 rings (SSSR count). The Labute approximate surface area is 205 Å². The quantitative estimate of drug-likeness (QED) is 0.397. The average Bonchev–Trinajstić information content (AvgIpc) is 3.64. The molecule has 0 unspecified atom stereocenters. The Morgan fingerprint density at radius 2 is 1.86 bits per heavy atom. The summed E-state index contributed by atoms with van der Waals surface area (Å²) < 4.78 is 14.2. The second-order valence-electron chi connectivity index (χ2n) is 8.73. The lowest BCUT2D eigenvalue weighted by atomic mass is 10.2. The Balaban J connectivity index is 1.10. The molecule has 1 aliphatic heterocycles. The second-order valence-corrected chi connectivity index (χ2v) is 8.73. The topological polar surface area (TPSA) is 133 Å². The van der Waals surface area contributed by atoms with Crippen LogP contribution in [0.5, 0.6) is 5.75 Å². The highest BCUT2D eigenvalue weighted by Crippen LogP contribution is 2.23. The molecule has 36 heavy (non-hydrogen) atoms. The summed E-state index contributed by atoms with van der Waals surface area (Å²) in [5.74, 6) is 1.78. The van der Waals surface area contributed by atoms with Crippen molar-refractivity contribution in [1.29, 1.82) is 0 Å². The van der Waals surface area contributed by atoms with Gasteiger partial charge in [0.15, 0.2) is 17.1 Å².